The number of nitriles is 2. The molecule has 0 saturated carbocycles. The maximum absolute atomic E-state index is 14.6. The number of nitrogens with zero attached hydrogens (tertiary/aromatic N) is 10. The first-order valence-electron chi connectivity index (χ1n) is 34.8. The molecule has 8 heterocycles. The number of hydrogen-bond donors (Lipinski definition) is 4. The van der Waals surface area contributed by atoms with E-state index in [0.717, 1.165) is 26.2 Å². The Balaban J connectivity index is 0.000000245. The number of esters is 6. The zero-order valence-corrected chi connectivity index (χ0v) is 62.9. The van der Waals surface area contributed by atoms with Crippen LogP contribution in [0.4, 0.5) is 11.6 Å². The van der Waals surface area contributed by atoms with Gasteiger partial charge in [0.2, 0.25) is 11.2 Å². The van der Waals surface area contributed by atoms with Crippen molar-refractivity contribution in [3.8, 4) is 23.6 Å². The van der Waals surface area contributed by atoms with Gasteiger partial charge in [-0.1, -0.05) is 91.8 Å². The van der Waals surface area contributed by atoms with E-state index in [1.807, 2.05) is 26.2 Å². The van der Waals surface area contributed by atoms with Crippen LogP contribution < -0.4 is 30.7 Å². The SMILES string of the molecule is CC(C)C(=O)O[C@H]1[C@H](c2ccc3c(N)ncnn23)O[C@](C#N)(CO[P@@](=O)(N[C@@H](C)C(=O)OC2CCN(C)CC2)Oc2ccccc2)[C@H]1OC(=O)C(C)C.CC(C)C(=O)O[C@H]1[C@H](c2ccc3c(N)ncnn23)O[C@](C#N)(CO[P@](=O)(N[C@@H](C)C(=O)OC2CCN(C)CC2)Oc2ccccc2)[C@H]1OC(=O)C(C)C. The van der Waals surface area contributed by atoms with E-state index in [4.69, 9.17) is 67.5 Å². The van der Waals surface area contributed by atoms with Gasteiger partial charge in [0.15, 0.2) is 36.1 Å². The molecule has 0 bridgehead atoms. The molecule has 0 spiro atoms. The summed E-state index contributed by atoms with van der Waals surface area (Å²) >= 11 is 0. The van der Waals surface area contributed by atoms with Crippen molar-refractivity contribution >= 4 is 74.0 Å². The van der Waals surface area contributed by atoms with Gasteiger partial charge < -0.3 is 68.2 Å². The molecule has 6 aromatic rings. The average Bonchev–Trinajstić information content (AvgIpc) is 1.59. The van der Waals surface area contributed by atoms with Crippen LogP contribution in [-0.2, 0) is 84.8 Å². The number of carbonyl (C=O) groups is 6. The minimum Gasteiger partial charge on any atom is -0.461 e. The highest BCUT2D eigenvalue weighted by molar-refractivity contribution is 7.52. The molecule has 0 aliphatic carbocycles. The van der Waals surface area contributed by atoms with Crippen LogP contribution in [0, 0.1) is 46.3 Å². The summed E-state index contributed by atoms with van der Waals surface area (Å²) in [7, 11) is -5.18. The number of piperidine rings is 2. The lowest BCUT2D eigenvalue weighted by Gasteiger charge is -2.31. The summed E-state index contributed by atoms with van der Waals surface area (Å²) in [5.41, 5.74) is 9.01. The fourth-order valence-corrected chi connectivity index (χ4v) is 14.7. The van der Waals surface area contributed by atoms with Crippen molar-refractivity contribution in [2.75, 3.05) is 65.0 Å². The van der Waals surface area contributed by atoms with Gasteiger partial charge >= 0.3 is 51.3 Å². The van der Waals surface area contributed by atoms with Crippen LogP contribution in [-0.4, -0.2) is 188 Å². The zero-order chi connectivity index (χ0) is 77.0. The number of fused-ring (bicyclic) bond motifs is 2. The summed E-state index contributed by atoms with van der Waals surface area (Å²) in [6.07, 6.45) is -4.29. The molecule has 4 fully saturated rings. The van der Waals surface area contributed by atoms with Crippen molar-refractivity contribution < 1.29 is 93.9 Å². The number of anilines is 2. The monoisotopic (exact) mass is 1510 g/mol. The quantitative estimate of drug-likeness (QED) is 0.0214. The Kier molecular flexibility index (Phi) is 26.7. The molecule has 6 N–H and O–H groups in total. The molecule has 4 aliphatic heterocycles. The molecule has 12 atom stereocenters. The Morgan fingerprint density at radius 3 is 1.16 bits per heavy atom. The van der Waals surface area contributed by atoms with Crippen LogP contribution in [0.3, 0.4) is 0 Å². The van der Waals surface area contributed by atoms with Gasteiger partial charge in [0.1, 0.15) is 97.0 Å². The molecule has 4 aromatic heterocycles. The minimum atomic E-state index is -4.57. The Labute approximate surface area is 613 Å². The van der Waals surface area contributed by atoms with Crippen molar-refractivity contribution in [2.45, 2.75) is 167 Å². The van der Waals surface area contributed by atoms with Gasteiger partial charge in [0.25, 0.3) is 0 Å². The second-order valence-corrected chi connectivity index (χ2v) is 30.9. The third-order valence-corrected chi connectivity index (χ3v) is 21.0. The third kappa shape index (κ3) is 19.5. The smallest absolute Gasteiger partial charge is 0.459 e. The first kappa shape index (κ1) is 80.9. The molecular weight excluding hydrogens is 1420 g/mol. The van der Waals surface area contributed by atoms with E-state index < -0.39 is 148 Å². The topological polar surface area (TPSA) is 438 Å². The number of carbonyl (C=O) groups excluding carboxylic acids is 6. The molecule has 0 amide bonds. The fourth-order valence-electron chi connectivity index (χ4n) is 11.6. The molecule has 4 saturated heterocycles. The number of likely N-dealkylation sites (tertiary alicyclic amines) is 2. The lowest BCUT2D eigenvalue weighted by Crippen LogP contribution is -2.50. The van der Waals surface area contributed by atoms with E-state index >= 15 is 0 Å². The number of benzene rings is 2. The number of ether oxygens (including phenoxy) is 8. The summed E-state index contributed by atoms with van der Waals surface area (Å²) in [5, 5.41) is 35.5. The van der Waals surface area contributed by atoms with E-state index in [0.29, 0.717) is 36.7 Å². The predicted octanol–water partition coefficient (Wildman–Crippen LogP) is 7.20. The van der Waals surface area contributed by atoms with Crippen molar-refractivity contribution in [2.24, 2.45) is 23.7 Å². The van der Waals surface area contributed by atoms with Crippen molar-refractivity contribution in [3.63, 3.8) is 0 Å². The minimum absolute atomic E-state index is 0.124. The van der Waals surface area contributed by atoms with Gasteiger partial charge in [-0.25, -0.2) is 28.1 Å². The predicted molar refractivity (Wildman–Crippen MR) is 378 cm³/mol. The molecule has 4 aliphatic rings. The highest BCUT2D eigenvalue weighted by Gasteiger charge is 2.64. The number of para-hydroxylation sites is 2. The second-order valence-electron chi connectivity index (χ2n) is 27.5. The van der Waals surface area contributed by atoms with Crippen molar-refractivity contribution in [1.82, 2.24) is 49.2 Å². The third-order valence-electron chi connectivity index (χ3n) is 17.8. The molecule has 36 heteroatoms. The highest BCUT2D eigenvalue weighted by atomic mass is 31.2. The van der Waals surface area contributed by atoms with E-state index in [2.05, 4.69) is 40.1 Å². The maximum Gasteiger partial charge on any atom is 0.459 e. The molecule has 2 aromatic carbocycles. The number of nitrogens with one attached hydrogen (secondary N) is 2. The Bertz CT molecular complexity index is 3990. The van der Waals surface area contributed by atoms with Gasteiger partial charge in [-0.15, -0.1) is 0 Å². The van der Waals surface area contributed by atoms with Gasteiger partial charge in [-0.05, 0) is 102 Å². The number of nitrogen functional groups attached to an aromatic ring is 2. The molecule has 106 heavy (non-hydrogen) atoms. The van der Waals surface area contributed by atoms with Crippen molar-refractivity contribution in [3.05, 3.63) is 109 Å². The van der Waals surface area contributed by atoms with E-state index in [-0.39, 0.29) is 46.7 Å². The molecule has 0 radical (unpaired) electrons. The van der Waals surface area contributed by atoms with Crippen LogP contribution >= 0.6 is 15.5 Å². The van der Waals surface area contributed by atoms with Crippen LogP contribution in [0.2, 0.25) is 0 Å². The second kappa shape index (κ2) is 35.0. The van der Waals surface area contributed by atoms with Crippen LogP contribution in [0.1, 0.15) is 119 Å². The molecule has 34 nitrogen and oxygen atoms in total. The lowest BCUT2D eigenvalue weighted by atomic mass is 9.95. The Morgan fingerprint density at radius 1 is 0.509 bits per heavy atom. The fraction of sp³-hybridized carbons (Fsp3) is 0.543. The summed E-state index contributed by atoms with van der Waals surface area (Å²) in [5.74, 6) is -6.21. The number of rotatable bonds is 28. The summed E-state index contributed by atoms with van der Waals surface area (Å²) < 4.78 is 103. The molecular formula is C70H92N14O20P2. The summed E-state index contributed by atoms with van der Waals surface area (Å²) in [6, 6.07) is 24.3. The van der Waals surface area contributed by atoms with Crippen LogP contribution in [0.15, 0.2) is 97.6 Å². The largest absolute Gasteiger partial charge is 0.461 e. The summed E-state index contributed by atoms with van der Waals surface area (Å²) in [4.78, 5) is 91.4. The normalized spacial score (nSPS) is 24.0. The Morgan fingerprint density at radius 2 is 0.840 bits per heavy atom. The van der Waals surface area contributed by atoms with E-state index in [1.54, 1.807) is 116 Å². The van der Waals surface area contributed by atoms with Gasteiger partial charge in [-0.3, -0.25) is 37.8 Å². The van der Waals surface area contributed by atoms with Gasteiger partial charge in [0, 0.05) is 26.2 Å². The van der Waals surface area contributed by atoms with E-state index in [9.17, 15) is 48.4 Å². The highest BCUT2D eigenvalue weighted by Crippen LogP contribution is 2.52. The molecule has 10 rings (SSSR count). The number of aromatic nitrogens is 6. The number of nitrogens with two attached hydrogens (primary N) is 2. The van der Waals surface area contributed by atoms with Gasteiger partial charge in [-0.2, -0.15) is 30.9 Å². The number of hydrogen-bond acceptors (Lipinski definition) is 30. The van der Waals surface area contributed by atoms with Crippen LogP contribution in [0.5, 0.6) is 11.5 Å². The van der Waals surface area contributed by atoms with Gasteiger partial charge in [0.05, 0.1) is 35.1 Å². The molecule has 0 unspecified atom stereocenters. The first-order valence-corrected chi connectivity index (χ1v) is 37.9. The summed E-state index contributed by atoms with van der Waals surface area (Å²) in [6.45, 7) is 17.1. The van der Waals surface area contributed by atoms with Crippen LogP contribution in [0.25, 0.3) is 11.0 Å². The Hall–Kier alpha value is -9.18. The lowest BCUT2D eigenvalue weighted by molar-refractivity contribution is -0.173. The molecule has 572 valence electrons. The first-order chi connectivity index (χ1) is 50.3. The standard InChI is InChI=1S/2C35H46N7O10P/c2*1-21(2)32(43)49-29-28(26-12-13-27-31(37)38-20-39-42(26)27)51-35(18-36,30(29)50-33(44)22(3)4)19-47-53(46,52-25-10-8-7-9-11-25)40-23(5)34(45)48-24-14-16-41(6)17-15-24/h2*7-13,20-24,28-30H,14-17,19H2,1-6H3,(H,40,46)(H2,37,38,39)/t23-,28-,29-,30-,35+,53+;23-,28-,29-,30-,35+,53-/m00/s1. The van der Waals surface area contributed by atoms with Crippen molar-refractivity contribution in [1.29, 1.82) is 10.5 Å². The van der Waals surface area contributed by atoms with E-state index in [1.165, 1.54) is 59.8 Å². The maximum atomic E-state index is 14.6. The zero-order valence-electron chi connectivity index (χ0n) is 61.1. The average molecular weight is 1510 g/mol.